The molecule has 0 spiro atoms. The maximum absolute atomic E-state index is 11.5. The summed E-state index contributed by atoms with van der Waals surface area (Å²) in [6, 6.07) is 0. The molecule has 5 heteroatoms. The third kappa shape index (κ3) is 4.98. The van der Waals surface area contributed by atoms with Gasteiger partial charge in [-0.2, -0.15) is 0 Å². The van der Waals surface area contributed by atoms with Gasteiger partial charge in [-0.15, -0.1) is 11.8 Å². The quantitative estimate of drug-likeness (QED) is 0.762. The molecule has 17 heavy (non-hydrogen) atoms. The van der Waals surface area contributed by atoms with Crippen molar-refractivity contribution >= 4 is 23.6 Å². The van der Waals surface area contributed by atoms with Gasteiger partial charge in [-0.1, -0.05) is 20.3 Å². The second-order valence-corrected chi connectivity index (χ2v) is 6.36. The van der Waals surface area contributed by atoms with E-state index in [2.05, 4.69) is 19.2 Å². The summed E-state index contributed by atoms with van der Waals surface area (Å²) in [7, 11) is 0. The van der Waals surface area contributed by atoms with Crippen LogP contribution in [0.3, 0.4) is 0 Å². The lowest BCUT2D eigenvalue weighted by Gasteiger charge is -2.16. The highest BCUT2D eigenvalue weighted by molar-refractivity contribution is 8.00. The first-order valence-electron chi connectivity index (χ1n) is 6.11. The van der Waals surface area contributed by atoms with Gasteiger partial charge in [0.15, 0.2) is 0 Å². The molecule has 2 atom stereocenters. The second-order valence-electron chi connectivity index (χ2n) is 4.80. The van der Waals surface area contributed by atoms with Crippen LogP contribution in [0.15, 0.2) is 0 Å². The third-order valence-corrected chi connectivity index (χ3v) is 4.18. The highest BCUT2D eigenvalue weighted by Gasteiger charge is 2.32. The fourth-order valence-corrected chi connectivity index (χ4v) is 2.73. The molecule has 1 saturated carbocycles. The molecule has 0 radical (unpaired) electrons. The van der Waals surface area contributed by atoms with Crippen molar-refractivity contribution in [3.8, 4) is 0 Å². The van der Waals surface area contributed by atoms with Crippen LogP contribution in [-0.4, -0.2) is 34.5 Å². The minimum absolute atomic E-state index is 0.0136. The lowest BCUT2D eigenvalue weighted by molar-refractivity contribution is -0.143. The standard InChI is InChI=1S/C12H21NO3S/c1-8(2)17-7-11(14)13-6-9-4-3-5-10(9)12(15)16/h8-10H,3-7H2,1-2H3,(H,13,14)(H,15,16). The molecule has 0 aromatic carbocycles. The van der Waals surface area contributed by atoms with E-state index in [4.69, 9.17) is 5.11 Å². The minimum Gasteiger partial charge on any atom is -0.481 e. The van der Waals surface area contributed by atoms with Crippen molar-refractivity contribution in [1.29, 1.82) is 0 Å². The molecule has 1 aliphatic carbocycles. The zero-order valence-electron chi connectivity index (χ0n) is 10.4. The van der Waals surface area contributed by atoms with Gasteiger partial charge in [0, 0.05) is 6.54 Å². The van der Waals surface area contributed by atoms with Gasteiger partial charge in [0.05, 0.1) is 11.7 Å². The van der Waals surface area contributed by atoms with E-state index >= 15 is 0 Å². The molecular weight excluding hydrogens is 238 g/mol. The monoisotopic (exact) mass is 259 g/mol. The summed E-state index contributed by atoms with van der Waals surface area (Å²) in [6.07, 6.45) is 2.61. The Bertz CT molecular complexity index is 281. The summed E-state index contributed by atoms with van der Waals surface area (Å²) in [6.45, 7) is 4.61. The Balaban J connectivity index is 2.25. The van der Waals surface area contributed by atoms with Gasteiger partial charge in [0.25, 0.3) is 0 Å². The molecule has 0 bridgehead atoms. The molecule has 1 fully saturated rings. The third-order valence-electron chi connectivity index (χ3n) is 3.09. The average molecular weight is 259 g/mol. The maximum Gasteiger partial charge on any atom is 0.306 e. The number of rotatable bonds is 6. The number of thioether (sulfide) groups is 1. The van der Waals surface area contributed by atoms with Crippen molar-refractivity contribution in [2.75, 3.05) is 12.3 Å². The number of aliphatic carboxylic acids is 1. The molecule has 4 nitrogen and oxygen atoms in total. The van der Waals surface area contributed by atoms with Gasteiger partial charge in [-0.3, -0.25) is 9.59 Å². The van der Waals surface area contributed by atoms with Crippen LogP contribution in [0.5, 0.6) is 0 Å². The first kappa shape index (κ1) is 14.4. The summed E-state index contributed by atoms with van der Waals surface area (Å²) in [4.78, 5) is 22.5. The topological polar surface area (TPSA) is 66.4 Å². The van der Waals surface area contributed by atoms with E-state index in [-0.39, 0.29) is 17.7 Å². The van der Waals surface area contributed by atoms with Crippen molar-refractivity contribution in [1.82, 2.24) is 5.32 Å². The second kappa shape index (κ2) is 6.89. The number of carboxylic acids is 1. The number of carbonyl (C=O) groups excluding carboxylic acids is 1. The van der Waals surface area contributed by atoms with Crippen molar-refractivity contribution in [2.45, 2.75) is 38.4 Å². The number of hydrogen-bond acceptors (Lipinski definition) is 3. The number of hydrogen-bond donors (Lipinski definition) is 2. The minimum atomic E-state index is -0.724. The normalized spacial score (nSPS) is 23.9. The molecule has 0 heterocycles. The van der Waals surface area contributed by atoms with Crippen LogP contribution in [0.25, 0.3) is 0 Å². The predicted octanol–water partition coefficient (Wildman–Crippen LogP) is 1.75. The van der Waals surface area contributed by atoms with Crippen LogP contribution in [0, 0.1) is 11.8 Å². The molecule has 0 aromatic heterocycles. The Labute approximate surface area is 107 Å². The predicted molar refractivity (Wildman–Crippen MR) is 69.1 cm³/mol. The van der Waals surface area contributed by atoms with Crippen molar-refractivity contribution < 1.29 is 14.7 Å². The van der Waals surface area contributed by atoms with Gasteiger partial charge in [0.2, 0.25) is 5.91 Å². The summed E-state index contributed by atoms with van der Waals surface area (Å²) in [5.74, 6) is -0.408. The SMILES string of the molecule is CC(C)SCC(=O)NCC1CCCC1C(=O)O. The molecule has 0 aliphatic heterocycles. The molecule has 98 valence electrons. The number of carboxylic acid groups (broad SMARTS) is 1. The average Bonchev–Trinajstić information content (AvgIpc) is 2.71. The Morgan fingerprint density at radius 1 is 1.41 bits per heavy atom. The Morgan fingerprint density at radius 3 is 2.71 bits per heavy atom. The summed E-state index contributed by atoms with van der Waals surface area (Å²) in [5, 5.41) is 12.3. The van der Waals surface area contributed by atoms with Gasteiger partial charge >= 0.3 is 5.97 Å². The van der Waals surface area contributed by atoms with Gasteiger partial charge in [-0.05, 0) is 24.0 Å². The smallest absolute Gasteiger partial charge is 0.306 e. The summed E-state index contributed by atoms with van der Waals surface area (Å²) >= 11 is 1.60. The highest BCUT2D eigenvalue weighted by atomic mass is 32.2. The van der Waals surface area contributed by atoms with E-state index in [0.29, 0.717) is 17.5 Å². The van der Waals surface area contributed by atoms with E-state index in [1.165, 1.54) is 0 Å². The molecule has 2 unspecified atom stereocenters. The number of carbonyl (C=O) groups is 2. The fraction of sp³-hybridized carbons (Fsp3) is 0.833. The van der Waals surface area contributed by atoms with Crippen LogP contribution < -0.4 is 5.32 Å². The van der Waals surface area contributed by atoms with Gasteiger partial charge in [0.1, 0.15) is 0 Å². The Hall–Kier alpha value is -0.710. The van der Waals surface area contributed by atoms with Gasteiger partial charge < -0.3 is 10.4 Å². The van der Waals surface area contributed by atoms with Crippen molar-refractivity contribution in [3.05, 3.63) is 0 Å². The molecule has 0 saturated heterocycles. The molecule has 1 aliphatic rings. The lowest BCUT2D eigenvalue weighted by atomic mass is 9.96. The Morgan fingerprint density at radius 2 is 2.12 bits per heavy atom. The molecular formula is C12H21NO3S. The van der Waals surface area contributed by atoms with Crippen LogP contribution in [0.1, 0.15) is 33.1 Å². The largest absolute Gasteiger partial charge is 0.481 e. The fourth-order valence-electron chi connectivity index (χ4n) is 2.14. The van der Waals surface area contributed by atoms with E-state index < -0.39 is 5.97 Å². The lowest BCUT2D eigenvalue weighted by Crippen LogP contribution is -2.34. The molecule has 0 aromatic rings. The van der Waals surface area contributed by atoms with E-state index in [0.717, 1.165) is 19.3 Å². The van der Waals surface area contributed by atoms with Gasteiger partial charge in [-0.25, -0.2) is 0 Å². The van der Waals surface area contributed by atoms with E-state index in [1.807, 2.05) is 0 Å². The first-order valence-corrected chi connectivity index (χ1v) is 7.16. The van der Waals surface area contributed by atoms with E-state index in [9.17, 15) is 9.59 Å². The zero-order chi connectivity index (χ0) is 12.8. The number of amides is 1. The maximum atomic E-state index is 11.5. The highest BCUT2D eigenvalue weighted by Crippen LogP contribution is 2.31. The first-order chi connectivity index (χ1) is 8.00. The van der Waals surface area contributed by atoms with E-state index in [1.54, 1.807) is 11.8 Å². The molecule has 2 N–H and O–H groups in total. The summed E-state index contributed by atoms with van der Waals surface area (Å²) in [5.41, 5.74) is 0. The van der Waals surface area contributed by atoms with Crippen molar-refractivity contribution in [2.24, 2.45) is 11.8 Å². The van der Waals surface area contributed by atoms with Crippen LogP contribution in [-0.2, 0) is 9.59 Å². The molecule has 1 rings (SSSR count). The van der Waals surface area contributed by atoms with Crippen LogP contribution in [0.2, 0.25) is 0 Å². The van der Waals surface area contributed by atoms with Crippen molar-refractivity contribution in [3.63, 3.8) is 0 Å². The number of nitrogens with one attached hydrogen (secondary N) is 1. The Kier molecular flexibility index (Phi) is 5.82. The molecule has 1 amide bonds. The van der Waals surface area contributed by atoms with Crippen LogP contribution in [0.4, 0.5) is 0 Å². The van der Waals surface area contributed by atoms with Crippen LogP contribution >= 0.6 is 11.8 Å². The zero-order valence-corrected chi connectivity index (χ0v) is 11.3. The summed E-state index contributed by atoms with van der Waals surface area (Å²) < 4.78 is 0.